The Balaban J connectivity index is 2.28. The van der Waals surface area contributed by atoms with Crippen LogP contribution in [0.3, 0.4) is 0 Å². The minimum Gasteiger partial charge on any atom is -0.506 e. The lowest BCUT2D eigenvalue weighted by Crippen LogP contribution is -2.24. The molecule has 1 aliphatic heterocycles. The molecule has 1 aliphatic rings. The van der Waals surface area contributed by atoms with Gasteiger partial charge in [0.05, 0.1) is 0 Å². The zero-order chi connectivity index (χ0) is 11.7. The Bertz CT molecular complexity index is 405. The number of phenols is 1. The Morgan fingerprint density at radius 3 is 2.88 bits per heavy atom. The average Bonchev–Trinajstić information content (AvgIpc) is 2.74. The van der Waals surface area contributed by atoms with E-state index in [2.05, 4.69) is 5.32 Å². The van der Waals surface area contributed by atoms with E-state index in [0.29, 0.717) is 0 Å². The Morgan fingerprint density at radius 2 is 2.25 bits per heavy atom. The van der Waals surface area contributed by atoms with Crippen molar-refractivity contribution in [3.05, 3.63) is 28.3 Å². The molecular weight excluding hydrogens is 236 g/mol. The van der Waals surface area contributed by atoms with Gasteiger partial charge in [-0.3, -0.25) is 0 Å². The highest BCUT2D eigenvalue weighted by Crippen LogP contribution is 2.31. The summed E-state index contributed by atoms with van der Waals surface area (Å²) in [6.45, 7) is 0.875. The number of phenolic OH excluding ortho intramolecular Hbond substituents is 1. The minimum absolute atomic E-state index is 0.0535. The SMILES string of the molecule is Oc1cc(F)c(CC2CCCN2)c(F)c1Cl. The number of aromatic hydroxyl groups is 1. The van der Waals surface area contributed by atoms with E-state index in [4.69, 9.17) is 16.7 Å². The second-order valence-corrected chi connectivity index (χ2v) is 4.36. The van der Waals surface area contributed by atoms with Gasteiger partial charge in [-0.25, -0.2) is 8.78 Å². The molecule has 1 saturated heterocycles. The standard InChI is InChI=1S/C11H12ClF2NO/c12-10-9(16)5-8(13)7(11(10)14)4-6-2-1-3-15-6/h5-6,15-16H,1-4H2. The van der Waals surface area contributed by atoms with E-state index in [1.54, 1.807) is 0 Å². The summed E-state index contributed by atoms with van der Waals surface area (Å²) >= 11 is 5.53. The summed E-state index contributed by atoms with van der Waals surface area (Å²) in [4.78, 5) is 0. The maximum Gasteiger partial charge on any atom is 0.151 e. The molecule has 1 aromatic rings. The summed E-state index contributed by atoms with van der Waals surface area (Å²) in [5.41, 5.74) is -0.0535. The average molecular weight is 248 g/mol. The molecule has 2 rings (SSSR count). The zero-order valence-corrected chi connectivity index (χ0v) is 9.32. The Hall–Kier alpha value is -0.870. The van der Waals surface area contributed by atoms with Crippen LogP contribution in [-0.4, -0.2) is 17.7 Å². The summed E-state index contributed by atoms with van der Waals surface area (Å²) in [6, 6.07) is 0.944. The number of hydrogen-bond acceptors (Lipinski definition) is 2. The maximum atomic E-state index is 13.6. The minimum atomic E-state index is -0.854. The van der Waals surface area contributed by atoms with Gasteiger partial charge in [-0.1, -0.05) is 11.6 Å². The van der Waals surface area contributed by atoms with E-state index in [-0.39, 0.29) is 18.0 Å². The van der Waals surface area contributed by atoms with Gasteiger partial charge in [-0.2, -0.15) is 0 Å². The molecule has 0 radical (unpaired) electrons. The lowest BCUT2D eigenvalue weighted by atomic mass is 10.0. The van der Waals surface area contributed by atoms with Crippen LogP contribution >= 0.6 is 11.6 Å². The van der Waals surface area contributed by atoms with E-state index in [9.17, 15) is 8.78 Å². The molecule has 1 atom stereocenters. The van der Waals surface area contributed by atoms with Gasteiger partial charge in [0.15, 0.2) is 5.82 Å². The summed E-state index contributed by atoms with van der Waals surface area (Å²) in [5, 5.41) is 11.9. The Morgan fingerprint density at radius 1 is 1.50 bits per heavy atom. The number of hydrogen-bond donors (Lipinski definition) is 2. The molecule has 0 saturated carbocycles. The molecule has 0 aromatic heterocycles. The van der Waals surface area contributed by atoms with Crippen LogP contribution in [0.2, 0.25) is 5.02 Å². The molecule has 0 spiro atoms. The van der Waals surface area contributed by atoms with Crippen molar-refractivity contribution >= 4 is 11.6 Å². The van der Waals surface area contributed by atoms with Gasteiger partial charge in [-0.05, 0) is 25.8 Å². The highest BCUT2D eigenvalue weighted by atomic mass is 35.5. The van der Waals surface area contributed by atoms with Crippen LogP contribution in [-0.2, 0) is 6.42 Å². The van der Waals surface area contributed by atoms with Crippen LogP contribution < -0.4 is 5.32 Å². The van der Waals surface area contributed by atoms with Crippen LogP contribution in [0, 0.1) is 11.6 Å². The Kier molecular flexibility index (Phi) is 3.30. The molecule has 0 bridgehead atoms. The molecule has 0 amide bonds. The van der Waals surface area contributed by atoms with Crippen molar-refractivity contribution < 1.29 is 13.9 Å². The number of nitrogens with one attached hydrogen (secondary N) is 1. The molecule has 2 N–H and O–H groups in total. The van der Waals surface area contributed by atoms with Crippen molar-refractivity contribution in [2.75, 3.05) is 6.54 Å². The summed E-state index contributed by atoms with van der Waals surface area (Å²) in [7, 11) is 0. The van der Waals surface area contributed by atoms with Crippen molar-refractivity contribution in [1.29, 1.82) is 0 Å². The van der Waals surface area contributed by atoms with E-state index < -0.39 is 22.4 Å². The van der Waals surface area contributed by atoms with E-state index in [1.807, 2.05) is 0 Å². The van der Waals surface area contributed by atoms with E-state index in [0.717, 1.165) is 25.5 Å². The van der Waals surface area contributed by atoms with Crippen molar-refractivity contribution in [1.82, 2.24) is 5.32 Å². The van der Waals surface area contributed by atoms with Gasteiger partial charge in [0, 0.05) is 17.7 Å². The van der Waals surface area contributed by atoms with Gasteiger partial charge in [0.1, 0.15) is 16.6 Å². The fourth-order valence-corrected chi connectivity index (χ4v) is 2.15. The van der Waals surface area contributed by atoms with Crippen LogP contribution in [0.4, 0.5) is 8.78 Å². The first-order valence-corrected chi connectivity index (χ1v) is 5.56. The van der Waals surface area contributed by atoms with Crippen LogP contribution in [0.15, 0.2) is 6.07 Å². The second kappa shape index (κ2) is 4.55. The van der Waals surface area contributed by atoms with Crippen LogP contribution in [0.5, 0.6) is 5.75 Å². The fourth-order valence-electron chi connectivity index (χ4n) is 1.98. The molecule has 1 heterocycles. The topological polar surface area (TPSA) is 32.3 Å². The quantitative estimate of drug-likeness (QED) is 0.788. The first kappa shape index (κ1) is 11.6. The summed E-state index contributed by atoms with van der Waals surface area (Å²) in [6.07, 6.45) is 2.18. The monoisotopic (exact) mass is 247 g/mol. The van der Waals surface area contributed by atoms with Crippen LogP contribution in [0.25, 0.3) is 0 Å². The van der Waals surface area contributed by atoms with Gasteiger partial charge in [0.2, 0.25) is 0 Å². The third kappa shape index (κ3) is 2.13. The molecule has 1 fully saturated rings. The third-order valence-electron chi connectivity index (χ3n) is 2.85. The lowest BCUT2D eigenvalue weighted by molar-refractivity contribution is 0.453. The van der Waals surface area contributed by atoms with Gasteiger partial charge < -0.3 is 10.4 Å². The summed E-state index contributed by atoms with van der Waals surface area (Å²) < 4.78 is 27.1. The zero-order valence-electron chi connectivity index (χ0n) is 8.56. The van der Waals surface area contributed by atoms with Crippen LogP contribution in [0.1, 0.15) is 18.4 Å². The van der Waals surface area contributed by atoms with Crippen molar-refractivity contribution in [2.45, 2.75) is 25.3 Å². The number of benzene rings is 1. The second-order valence-electron chi connectivity index (χ2n) is 3.98. The molecule has 5 heteroatoms. The van der Waals surface area contributed by atoms with Crippen molar-refractivity contribution in [2.24, 2.45) is 0 Å². The number of halogens is 3. The third-order valence-corrected chi connectivity index (χ3v) is 3.21. The Labute approximate surface area is 97.2 Å². The van der Waals surface area contributed by atoms with Crippen molar-refractivity contribution in [3.63, 3.8) is 0 Å². The predicted octanol–water partition coefficient (Wildman–Crippen LogP) is 2.62. The molecule has 1 aromatic carbocycles. The van der Waals surface area contributed by atoms with E-state index in [1.165, 1.54) is 0 Å². The highest BCUT2D eigenvalue weighted by molar-refractivity contribution is 6.32. The molecule has 1 unspecified atom stereocenters. The van der Waals surface area contributed by atoms with Gasteiger partial charge in [-0.15, -0.1) is 0 Å². The van der Waals surface area contributed by atoms with E-state index >= 15 is 0 Å². The molecular formula is C11H12ClF2NO. The first-order valence-electron chi connectivity index (χ1n) is 5.18. The molecule has 88 valence electrons. The first-order chi connectivity index (χ1) is 7.59. The highest BCUT2D eigenvalue weighted by Gasteiger charge is 2.22. The van der Waals surface area contributed by atoms with Crippen molar-refractivity contribution in [3.8, 4) is 5.75 Å². The maximum absolute atomic E-state index is 13.6. The smallest absolute Gasteiger partial charge is 0.151 e. The number of rotatable bonds is 2. The van der Waals surface area contributed by atoms with Gasteiger partial charge in [0.25, 0.3) is 0 Å². The molecule has 2 nitrogen and oxygen atoms in total. The predicted molar refractivity (Wildman–Crippen MR) is 57.8 cm³/mol. The fraction of sp³-hybridized carbons (Fsp3) is 0.455. The largest absolute Gasteiger partial charge is 0.506 e. The molecule has 0 aliphatic carbocycles. The normalized spacial score (nSPS) is 20.3. The summed E-state index contributed by atoms with van der Waals surface area (Å²) in [5.74, 6) is -2.15. The van der Waals surface area contributed by atoms with Gasteiger partial charge >= 0.3 is 0 Å². The molecule has 16 heavy (non-hydrogen) atoms. The lowest BCUT2D eigenvalue weighted by Gasteiger charge is -2.12.